The maximum absolute atomic E-state index is 13.9. The van der Waals surface area contributed by atoms with E-state index < -0.39 is 21.0 Å². The second-order valence-corrected chi connectivity index (χ2v) is 6.02. The fraction of sp³-hybridized carbons (Fsp3) is 0.273. The van der Waals surface area contributed by atoms with E-state index in [1.54, 1.807) is 0 Å². The molecule has 0 amide bonds. The van der Waals surface area contributed by atoms with E-state index >= 15 is 0 Å². The molecule has 1 aromatic heterocycles. The lowest BCUT2D eigenvalue weighted by Crippen LogP contribution is -2.19. The zero-order valence-corrected chi connectivity index (χ0v) is 12.1. The Morgan fingerprint density at radius 3 is 2.70 bits per heavy atom. The first kappa shape index (κ1) is 14.9. The third-order valence-electron chi connectivity index (χ3n) is 2.59. The maximum atomic E-state index is 13.9. The zero-order valence-electron chi connectivity index (χ0n) is 10.5. The molecule has 0 aliphatic heterocycles. The molecule has 1 aromatic carbocycles. The first-order chi connectivity index (χ1) is 9.34. The highest BCUT2D eigenvalue weighted by atomic mass is 35.5. The van der Waals surface area contributed by atoms with Crippen molar-refractivity contribution in [3.63, 3.8) is 0 Å². The molecule has 1 heterocycles. The summed E-state index contributed by atoms with van der Waals surface area (Å²) in [6.07, 6.45) is 0.607. The number of nitrogens with two attached hydrogens (primary N) is 1. The highest BCUT2D eigenvalue weighted by molar-refractivity contribution is 7.89. The predicted octanol–water partition coefficient (Wildman–Crippen LogP) is 1.79. The minimum absolute atomic E-state index is 0.0772. The van der Waals surface area contributed by atoms with E-state index in [2.05, 4.69) is 10.2 Å². The second kappa shape index (κ2) is 5.47. The van der Waals surface area contributed by atoms with Gasteiger partial charge in [0.25, 0.3) is 15.2 Å². The van der Waals surface area contributed by atoms with E-state index in [1.165, 1.54) is 22.8 Å². The van der Waals surface area contributed by atoms with Crippen LogP contribution in [0, 0.1) is 5.82 Å². The van der Waals surface area contributed by atoms with Gasteiger partial charge in [-0.1, -0.05) is 18.5 Å². The molecular weight excluding hydrogens is 307 g/mol. The molecule has 0 radical (unpaired) electrons. The smallest absolute Gasteiger partial charge is 0.273 e. The molecule has 0 fully saturated rings. The molecule has 2 N–H and O–H groups in total. The van der Waals surface area contributed by atoms with Crippen LogP contribution in [0.25, 0.3) is 11.4 Å². The summed E-state index contributed by atoms with van der Waals surface area (Å²) in [5.41, 5.74) is 0.0772. The molecular formula is C11H12ClFN4O2S. The Balaban J connectivity index is 2.69. The Kier molecular flexibility index (Phi) is 4.07. The highest BCUT2D eigenvalue weighted by Gasteiger charge is 2.23. The van der Waals surface area contributed by atoms with Crippen LogP contribution in [0.4, 0.5) is 4.39 Å². The zero-order chi connectivity index (χ0) is 14.9. The van der Waals surface area contributed by atoms with Crippen molar-refractivity contribution >= 4 is 21.6 Å². The Labute approximate surface area is 120 Å². The summed E-state index contributed by atoms with van der Waals surface area (Å²) in [5, 5.41) is 12.3. The fourth-order valence-electron chi connectivity index (χ4n) is 1.79. The number of aromatic nitrogens is 3. The van der Waals surface area contributed by atoms with Crippen LogP contribution in [0.5, 0.6) is 0 Å². The average Bonchev–Trinajstić information content (AvgIpc) is 2.76. The quantitative estimate of drug-likeness (QED) is 0.930. The Bertz CT molecular complexity index is 745. The Morgan fingerprint density at radius 2 is 2.10 bits per heavy atom. The molecule has 0 saturated carbocycles. The predicted molar refractivity (Wildman–Crippen MR) is 72.1 cm³/mol. The van der Waals surface area contributed by atoms with Crippen molar-refractivity contribution in [3.05, 3.63) is 29.0 Å². The molecule has 0 unspecified atom stereocenters. The molecule has 0 saturated heterocycles. The molecule has 9 heteroatoms. The summed E-state index contributed by atoms with van der Waals surface area (Å²) in [6.45, 7) is 2.13. The summed E-state index contributed by atoms with van der Waals surface area (Å²) in [4.78, 5) is 0. The number of primary sulfonamides is 1. The molecule has 0 bridgehead atoms. The fourth-order valence-corrected chi connectivity index (χ4v) is 2.60. The SMILES string of the molecule is CCCn1c(-c2cc(Cl)ccc2F)nnc1S(N)(=O)=O. The molecule has 0 atom stereocenters. The van der Waals surface area contributed by atoms with E-state index in [0.717, 1.165) is 0 Å². The van der Waals surface area contributed by atoms with Gasteiger partial charge in [-0.3, -0.25) is 4.57 Å². The van der Waals surface area contributed by atoms with Crippen LogP contribution in [0.15, 0.2) is 23.4 Å². The second-order valence-electron chi connectivity index (χ2n) is 4.13. The lowest BCUT2D eigenvalue weighted by Gasteiger charge is -2.08. The molecule has 0 aliphatic carbocycles. The summed E-state index contributed by atoms with van der Waals surface area (Å²) < 4.78 is 38.0. The highest BCUT2D eigenvalue weighted by Crippen LogP contribution is 2.26. The van der Waals surface area contributed by atoms with Gasteiger partial charge in [0.1, 0.15) is 5.82 Å². The van der Waals surface area contributed by atoms with Crippen molar-refractivity contribution in [2.45, 2.75) is 25.0 Å². The topological polar surface area (TPSA) is 90.9 Å². The van der Waals surface area contributed by atoms with Crippen LogP contribution in [0.2, 0.25) is 5.02 Å². The third-order valence-corrected chi connectivity index (χ3v) is 3.63. The van der Waals surface area contributed by atoms with Gasteiger partial charge in [0, 0.05) is 11.6 Å². The van der Waals surface area contributed by atoms with Crippen LogP contribution >= 0.6 is 11.6 Å². The first-order valence-electron chi connectivity index (χ1n) is 5.76. The number of rotatable bonds is 4. The third kappa shape index (κ3) is 2.82. The van der Waals surface area contributed by atoms with Crippen molar-refractivity contribution in [3.8, 4) is 11.4 Å². The largest absolute Gasteiger partial charge is 0.297 e. The van der Waals surface area contributed by atoms with E-state index in [1.807, 2.05) is 6.92 Å². The molecule has 0 aliphatic rings. The van der Waals surface area contributed by atoms with Gasteiger partial charge in [-0.25, -0.2) is 17.9 Å². The molecule has 0 spiro atoms. The number of sulfonamides is 1. The van der Waals surface area contributed by atoms with Crippen LogP contribution in [-0.2, 0) is 16.6 Å². The van der Waals surface area contributed by atoms with Crippen LogP contribution < -0.4 is 5.14 Å². The number of halogens is 2. The molecule has 108 valence electrons. The first-order valence-corrected chi connectivity index (χ1v) is 7.68. The summed E-state index contributed by atoms with van der Waals surface area (Å²) in [5.74, 6) is -0.490. The van der Waals surface area contributed by atoms with Gasteiger partial charge in [0.2, 0.25) is 0 Å². The van der Waals surface area contributed by atoms with Gasteiger partial charge in [-0.05, 0) is 24.6 Å². The van der Waals surface area contributed by atoms with E-state index in [4.69, 9.17) is 16.7 Å². The average molecular weight is 319 g/mol. The lowest BCUT2D eigenvalue weighted by atomic mass is 10.2. The number of hydrogen-bond acceptors (Lipinski definition) is 4. The minimum atomic E-state index is -4.03. The van der Waals surface area contributed by atoms with Gasteiger partial charge in [0.05, 0.1) is 5.56 Å². The van der Waals surface area contributed by atoms with Gasteiger partial charge in [-0.2, -0.15) is 0 Å². The minimum Gasteiger partial charge on any atom is -0.297 e. The standard InChI is InChI=1S/C11H12ClFN4O2S/c1-2-5-17-10(15-16-11(17)20(14,18)19)8-6-7(12)3-4-9(8)13/h3-4,6H,2,5H2,1H3,(H2,14,18,19). The van der Waals surface area contributed by atoms with Crippen molar-refractivity contribution in [2.75, 3.05) is 0 Å². The summed E-state index contributed by atoms with van der Waals surface area (Å²) in [7, 11) is -4.03. The number of benzene rings is 1. The van der Waals surface area contributed by atoms with E-state index in [-0.39, 0.29) is 11.4 Å². The van der Waals surface area contributed by atoms with Crippen molar-refractivity contribution in [1.82, 2.24) is 14.8 Å². The van der Waals surface area contributed by atoms with E-state index in [0.29, 0.717) is 18.0 Å². The van der Waals surface area contributed by atoms with E-state index in [9.17, 15) is 12.8 Å². The van der Waals surface area contributed by atoms with Crippen LogP contribution in [-0.4, -0.2) is 23.2 Å². The van der Waals surface area contributed by atoms with Crippen LogP contribution in [0.3, 0.4) is 0 Å². The van der Waals surface area contributed by atoms with Gasteiger partial charge >= 0.3 is 0 Å². The summed E-state index contributed by atoms with van der Waals surface area (Å²) >= 11 is 5.83. The van der Waals surface area contributed by atoms with Crippen LogP contribution in [0.1, 0.15) is 13.3 Å². The molecule has 2 aromatic rings. The number of nitrogens with zero attached hydrogens (tertiary/aromatic N) is 3. The van der Waals surface area contributed by atoms with Crippen molar-refractivity contribution < 1.29 is 12.8 Å². The molecule has 2 rings (SSSR count). The number of hydrogen-bond donors (Lipinski definition) is 1. The summed E-state index contributed by atoms with van der Waals surface area (Å²) in [6, 6.07) is 3.93. The molecule has 20 heavy (non-hydrogen) atoms. The maximum Gasteiger partial charge on any atom is 0.273 e. The van der Waals surface area contributed by atoms with Crippen molar-refractivity contribution in [1.29, 1.82) is 0 Å². The van der Waals surface area contributed by atoms with Gasteiger partial charge in [0.15, 0.2) is 5.82 Å². The molecule has 6 nitrogen and oxygen atoms in total. The monoisotopic (exact) mass is 318 g/mol. The Hall–Kier alpha value is -1.51. The van der Waals surface area contributed by atoms with Crippen molar-refractivity contribution in [2.24, 2.45) is 5.14 Å². The Morgan fingerprint density at radius 1 is 1.40 bits per heavy atom. The lowest BCUT2D eigenvalue weighted by molar-refractivity contribution is 0.558. The van der Waals surface area contributed by atoms with Gasteiger partial charge < -0.3 is 0 Å². The normalized spacial score (nSPS) is 11.8. The van der Waals surface area contributed by atoms with Gasteiger partial charge in [-0.15, -0.1) is 10.2 Å².